The lowest BCUT2D eigenvalue weighted by atomic mass is 10.0. The molecule has 1 aliphatic rings. The number of H-pyrrole nitrogens is 4. The van der Waals surface area contributed by atoms with Gasteiger partial charge in [0.05, 0.1) is 9.85 Å². The molecule has 0 aliphatic carbocycles. The fourth-order valence-corrected chi connectivity index (χ4v) is 7.28. The predicted octanol–water partition coefficient (Wildman–Crippen LogP) is 6.12. The summed E-state index contributed by atoms with van der Waals surface area (Å²) in [6, 6.07) is 49.7. The zero-order valence-electron chi connectivity index (χ0n) is 28.5. The first-order valence-electron chi connectivity index (χ1n) is 17.3. The minimum atomic E-state index is -0.394. The molecule has 10 nitrogen and oxygen atoms in total. The van der Waals surface area contributed by atoms with Crippen molar-refractivity contribution in [2.45, 2.75) is 0 Å². The molecule has 0 saturated heterocycles. The fourth-order valence-electron chi connectivity index (χ4n) is 7.28. The van der Waals surface area contributed by atoms with Crippen molar-refractivity contribution >= 4 is 33.7 Å². The average Bonchev–Trinajstić information content (AvgIpc) is 4.04. The highest BCUT2D eigenvalue weighted by molar-refractivity contribution is 5.85. The molecule has 0 saturated carbocycles. The first-order chi connectivity index (χ1) is 26.4. The summed E-state index contributed by atoms with van der Waals surface area (Å²) in [5.41, 5.74) is 10.5. The SMILES string of the molecule is O=[N+]([O-])c1ccc(C2=c3ccc([nH]3)=C(c3ccccc3)c3ccc([nH]3)C(c3ccc([N+](=O)[O-])cc3)=c3ccc([nH]3)=C(c3ccccc3)c3ccc2[nH]3)cc1. The third-order valence-corrected chi connectivity index (χ3v) is 9.76. The van der Waals surface area contributed by atoms with Crippen LogP contribution >= 0.6 is 0 Å². The summed E-state index contributed by atoms with van der Waals surface area (Å²) in [6.45, 7) is 0. The maximum Gasteiger partial charge on any atom is 0.269 e. The van der Waals surface area contributed by atoms with Crippen LogP contribution in [0.1, 0.15) is 45.0 Å². The number of nitrogens with one attached hydrogen (secondary N) is 4. The lowest BCUT2D eigenvalue weighted by Gasteiger charge is -2.10. The van der Waals surface area contributed by atoms with Gasteiger partial charge in [0.2, 0.25) is 0 Å². The molecule has 1 aliphatic heterocycles. The zero-order valence-corrected chi connectivity index (χ0v) is 28.5. The molecular formula is C44H30N6O4. The van der Waals surface area contributed by atoms with E-state index in [1.807, 2.05) is 84.9 Å². The van der Waals surface area contributed by atoms with Crippen molar-refractivity contribution in [1.29, 1.82) is 0 Å². The number of fused-ring (bicyclic) bond motifs is 8. The lowest BCUT2D eigenvalue weighted by Crippen LogP contribution is -2.19. The van der Waals surface area contributed by atoms with Crippen molar-refractivity contribution < 1.29 is 9.85 Å². The van der Waals surface area contributed by atoms with Gasteiger partial charge in [-0.1, -0.05) is 60.7 Å². The number of rotatable bonds is 6. The molecular weight excluding hydrogens is 677 g/mol. The normalized spacial score (nSPS) is 12.6. The molecule has 260 valence electrons. The molecule has 0 unspecified atom stereocenters. The van der Waals surface area contributed by atoms with E-state index in [2.05, 4.69) is 44.2 Å². The molecule has 8 aromatic rings. The van der Waals surface area contributed by atoms with Gasteiger partial charge in [0.1, 0.15) is 0 Å². The Morgan fingerprint density at radius 2 is 0.593 bits per heavy atom. The number of non-ortho nitro benzene ring substituents is 2. The number of nitro benzene ring substituents is 2. The average molecular weight is 707 g/mol. The molecule has 4 aromatic carbocycles. The molecule has 0 amide bonds. The van der Waals surface area contributed by atoms with E-state index in [1.54, 1.807) is 24.3 Å². The topological polar surface area (TPSA) is 149 Å². The van der Waals surface area contributed by atoms with Gasteiger partial charge in [-0.15, -0.1) is 0 Å². The van der Waals surface area contributed by atoms with E-state index >= 15 is 0 Å². The second-order valence-electron chi connectivity index (χ2n) is 13.0. The van der Waals surface area contributed by atoms with Crippen LogP contribution in [0.15, 0.2) is 158 Å². The van der Waals surface area contributed by atoms with E-state index in [0.29, 0.717) is 0 Å². The third-order valence-electron chi connectivity index (χ3n) is 9.76. The number of benzene rings is 4. The van der Waals surface area contributed by atoms with Gasteiger partial charge < -0.3 is 19.9 Å². The summed E-state index contributed by atoms with van der Waals surface area (Å²) in [6.07, 6.45) is 0. The van der Waals surface area contributed by atoms with Gasteiger partial charge in [-0.25, -0.2) is 0 Å². The Kier molecular flexibility index (Phi) is 7.82. The van der Waals surface area contributed by atoms with Crippen molar-refractivity contribution in [3.05, 3.63) is 244 Å². The monoisotopic (exact) mass is 706 g/mol. The molecule has 0 spiro atoms. The van der Waals surface area contributed by atoms with Crippen LogP contribution in [0.2, 0.25) is 0 Å². The van der Waals surface area contributed by atoms with E-state index in [9.17, 15) is 20.2 Å². The van der Waals surface area contributed by atoms with Crippen molar-refractivity contribution in [2.24, 2.45) is 0 Å². The summed E-state index contributed by atoms with van der Waals surface area (Å²) < 4.78 is 0. The Hall–Kier alpha value is -7.72. The van der Waals surface area contributed by atoms with Crippen LogP contribution in [0.4, 0.5) is 11.4 Å². The van der Waals surface area contributed by atoms with E-state index < -0.39 is 9.85 Å². The van der Waals surface area contributed by atoms with Crippen molar-refractivity contribution in [3.63, 3.8) is 0 Å². The van der Waals surface area contributed by atoms with E-state index in [-0.39, 0.29) is 11.4 Å². The molecule has 0 atom stereocenters. The Balaban J connectivity index is 1.41. The quantitative estimate of drug-likeness (QED) is 0.122. The lowest BCUT2D eigenvalue weighted by molar-refractivity contribution is -0.385. The molecule has 54 heavy (non-hydrogen) atoms. The van der Waals surface area contributed by atoms with Gasteiger partial charge in [0.25, 0.3) is 11.4 Å². The summed E-state index contributed by atoms with van der Waals surface area (Å²) >= 11 is 0. The number of hydrogen-bond donors (Lipinski definition) is 4. The number of aromatic amines is 4. The second-order valence-corrected chi connectivity index (χ2v) is 13.0. The van der Waals surface area contributed by atoms with Crippen LogP contribution in [-0.2, 0) is 0 Å². The standard InChI is InChI=1S/C44H30N6O4/c51-49(52)31-15-11-29(12-16-31)43-37-23-19-33(45-37)41(27-7-3-1-4-8-27)34-20-24-38(46-34)44(30-13-17-32(18-14-30)50(53)54)40-26-22-36(48-40)42(28-9-5-2-6-10-28)35-21-25-39(43)47-35/h1-26,45-48H. The number of aromatic nitrogens is 4. The van der Waals surface area contributed by atoms with Gasteiger partial charge in [-0.05, 0) is 95.1 Å². The minimum Gasteiger partial charge on any atom is -0.354 e. The molecule has 0 fully saturated rings. The fraction of sp³-hybridized carbons (Fsp3) is 0. The highest BCUT2D eigenvalue weighted by Gasteiger charge is 2.19. The van der Waals surface area contributed by atoms with Crippen LogP contribution in [0.5, 0.6) is 0 Å². The minimum absolute atomic E-state index is 0.0151. The third kappa shape index (κ3) is 5.73. The van der Waals surface area contributed by atoms with Crippen molar-refractivity contribution in [1.82, 2.24) is 19.9 Å². The first-order valence-corrected chi connectivity index (χ1v) is 17.3. The first kappa shape index (κ1) is 32.2. The predicted molar refractivity (Wildman–Crippen MR) is 207 cm³/mol. The molecule has 4 N–H and O–H groups in total. The maximum absolute atomic E-state index is 11.6. The van der Waals surface area contributed by atoms with E-state index in [0.717, 1.165) is 88.7 Å². The largest absolute Gasteiger partial charge is 0.354 e. The summed E-state index contributed by atoms with van der Waals surface area (Å²) in [5.74, 6) is 0. The summed E-state index contributed by atoms with van der Waals surface area (Å²) in [7, 11) is 0. The molecule has 5 heterocycles. The van der Waals surface area contributed by atoms with Crippen LogP contribution in [0.25, 0.3) is 22.3 Å². The van der Waals surface area contributed by atoms with Crippen LogP contribution in [0, 0.1) is 20.2 Å². The molecule has 10 heteroatoms. The number of nitrogens with zero attached hydrogens (tertiary/aromatic N) is 2. The van der Waals surface area contributed by atoms with Gasteiger partial charge in [-0.2, -0.15) is 0 Å². The Morgan fingerprint density at radius 3 is 0.870 bits per heavy atom. The van der Waals surface area contributed by atoms with Gasteiger partial charge >= 0.3 is 0 Å². The highest BCUT2D eigenvalue weighted by atomic mass is 16.6. The zero-order chi connectivity index (χ0) is 36.8. The Bertz CT molecular complexity index is 2760. The van der Waals surface area contributed by atoms with Crippen LogP contribution in [0.3, 0.4) is 0 Å². The van der Waals surface area contributed by atoms with Crippen LogP contribution in [-0.4, -0.2) is 29.8 Å². The molecule has 4 aromatic heterocycles. The molecule has 0 radical (unpaired) electrons. The maximum atomic E-state index is 11.6. The van der Waals surface area contributed by atoms with Gasteiger partial charge in [-0.3, -0.25) is 20.2 Å². The summed E-state index contributed by atoms with van der Waals surface area (Å²) in [5, 5.41) is 26.5. The second kappa shape index (κ2) is 13.1. The van der Waals surface area contributed by atoms with Crippen molar-refractivity contribution in [2.75, 3.05) is 0 Å². The van der Waals surface area contributed by atoms with E-state index in [1.165, 1.54) is 24.3 Å². The van der Waals surface area contributed by atoms with E-state index in [4.69, 9.17) is 0 Å². The van der Waals surface area contributed by atoms with Gasteiger partial charge in [0.15, 0.2) is 0 Å². The molecule has 9 rings (SSSR count). The smallest absolute Gasteiger partial charge is 0.269 e. The number of hydrogen-bond acceptors (Lipinski definition) is 4. The molecule has 8 bridgehead atoms. The van der Waals surface area contributed by atoms with Crippen LogP contribution < -0.4 is 21.4 Å². The summed E-state index contributed by atoms with van der Waals surface area (Å²) in [4.78, 5) is 37.2. The van der Waals surface area contributed by atoms with Gasteiger partial charge in [0, 0.05) is 90.7 Å². The number of nitro groups is 2. The van der Waals surface area contributed by atoms with Crippen molar-refractivity contribution in [3.8, 4) is 0 Å². The highest BCUT2D eigenvalue weighted by Crippen LogP contribution is 2.29. The Labute approximate surface area is 307 Å². The Morgan fingerprint density at radius 1 is 0.315 bits per heavy atom.